The van der Waals surface area contributed by atoms with Crippen LogP contribution in [0.15, 0.2) is 36.0 Å². The van der Waals surface area contributed by atoms with E-state index in [1.54, 1.807) is 6.08 Å². The first kappa shape index (κ1) is 21.0. The highest BCUT2D eigenvalue weighted by atomic mass is 35.5. The van der Waals surface area contributed by atoms with Gasteiger partial charge in [0.05, 0.1) is 13.0 Å². The Morgan fingerprint density at radius 1 is 1.28 bits per heavy atom. The summed E-state index contributed by atoms with van der Waals surface area (Å²) in [6, 6.07) is 8.36. The average molecular weight is 369 g/mol. The van der Waals surface area contributed by atoms with Gasteiger partial charge >= 0.3 is 6.09 Å². The second-order valence-electron chi connectivity index (χ2n) is 6.60. The fourth-order valence-electron chi connectivity index (χ4n) is 2.09. The maximum absolute atomic E-state index is 12.7. The van der Waals surface area contributed by atoms with E-state index in [2.05, 4.69) is 15.4 Å². The molecule has 1 aromatic rings. The molecular weight excluding hydrogens is 344 g/mol. The van der Waals surface area contributed by atoms with Crippen molar-refractivity contribution in [3.05, 3.63) is 41.6 Å². The van der Waals surface area contributed by atoms with Crippen LogP contribution in [0.3, 0.4) is 0 Å². The zero-order valence-corrected chi connectivity index (χ0v) is 15.6. The first-order valence-corrected chi connectivity index (χ1v) is 8.38. The van der Waals surface area contributed by atoms with Crippen LogP contribution in [0.5, 0.6) is 0 Å². The van der Waals surface area contributed by atoms with E-state index in [9.17, 15) is 14.7 Å². The molecule has 2 amide bonds. The Kier molecular flexibility index (Phi) is 7.93. The molecule has 0 saturated carbocycles. The number of ether oxygens (including phenoxy) is 1. The van der Waals surface area contributed by atoms with Gasteiger partial charge in [-0.2, -0.15) is 0 Å². The normalized spacial score (nSPS) is 14.4. The van der Waals surface area contributed by atoms with E-state index in [1.807, 2.05) is 51.1 Å². The summed E-state index contributed by atoms with van der Waals surface area (Å²) in [4.78, 5) is 24.2. The largest absolute Gasteiger partial charge is 0.453 e. The number of aliphatic hydroxyl groups excluding tert-OH is 1. The summed E-state index contributed by atoms with van der Waals surface area (Å²) in [5, 5.41) is 15.3. The molecule has 2 atom stereocenters. The van der Waals surface area contributed by atoms with Crippen molar-refractivity contribution >= 4 is 29.7 Å². The lowest BCUT2D eigenvalue weighted by molar-refractivity contribution is -0.125. The number of rotatable bonds is 6. The number of nitrogens with one attached hydrogen (secondary N) is 2. The van der Waals surface area contributed by atoms with Gasteiger partial charge in [-0.1, -0.05) is 51.1 Å². The number of aliphatic hydroxyl groups is 1. The minimum atomic E-state index is -1.05. The number of hydrogen-bond donors (Lipinski definition) is 3. The summed E-state index contributed by atoms with van der Waals surface area (Å²) in [6.45, 7) is 5.43. The standard InChI is InChI=1S/C18H25ClN2O4/c1-18(2,3)15(21-17(24)25-4)16(23)20-13(14(22)11-19)10-12-8-6-5-7-9-12/h5-10,14-15,22H,11H2,1-4H3,(H,20,23)(H,21,24)/b13-10-/t14-,15+/m0/s1. The van der Waals surface area contributed by atoms with Crippen LogP contribution in [0.1, 0.15) is 26.3 Å². The highest BCUT2D eigenvalue weighted by molar-refractivity contribution is 6.18. The Bertz CT molecular complexity index is 611. The van der Waals surface area contributed by atoms with Gasteiger partial charge in [0.1, 0.15) is 12.1 Å². The summed E-state index contributed by atoms with van der Waals surface area (Å²) >= 11 is 5.74. The second kappa shape index (κ2) is 9.44. The van der Waals surface area contributed by atoms with E-state index < -0.39 is 29.6 Å². The monoisotopic (exact) mass is 368 g/mol. The molecule has 0 unspecified atom stereocenters. The van der Waals surface area contributed by atoms with Crippen molar-refractivity contribution in [2.24, 2.45) is 5.41 Å². The number of amides is 2. The minimum absolute atomic E-state index is 0.0798. The molecule has 0 aromatic heterocycles. The van der Waals surface area contributed by atoms with Crippen LogP contribution < -0.4 is 10.6 Å². The molecule has 1 aromatic carbocycles. The Balaban J connectivity index is 3.06. The molecular formula is C18H25ClN2O4. The number of hydrogen-bond acceptors (Lipinski definition) is 4. The van der Waals surface area contributed by atoms with E-state index in [0.717, 1.165) is 5.56 Å². The van der Waals surface area contributed by atoms with Gasteiger partial charge in [-0.3, -0.25) is 4.79 Å². The minimum Gasteiger partial charge on any atom is -0.453 e. The van der Waals surface area contributed by atoms with E-state index in [-0.39, 0.29) is 11.6 Å². The first-order chi connectivity index (χ1) is 11.7. The molecule has 25 heavy (non-hydrogen) atoms. The number of methoxy groups -OCH3 is 1. The molecule has 0 fully saturated rings. The van der Waals surface area contributed by atoms with Crippen LogP contribution in [0, 0.1) is 5.41 Å². The number of carbonyl (C=O) groups is 2. The molecule has 0 heterocycles. The van der Waals surface area contributed by atoms with Crippen molar-refractivity contribution in [3.63, 3.8) is 0 Å². The molecule has 0 spiro atoms. The lowest BCUT2D eigenvalue weighted by Crippen LogP contribution is -2.54. The van der Waals surface area contributed by atoms with Gasteiger partial charge in [0, 0.05) is 5.70 Å². The van der Waals surface area contributed by atoms with Gasteiger partial charge < -0.3 is 20.5 Å². The van der Waals surface area contributed by atoms with Crippen molar-refractivity contribution in [2.45, 2.75) is 32.9 Å². The van der Waals surface area contributed by atoms with Crippen LogP contribution in [0.25, 0.3) is 6.08 Å². The van der Waals surface area contributed by atoms with E-state index >= 15 is 0 Å². The summed E-state index contributed by atoms with van der Waals surface area (Å²) in [6.07, 6.45) is -0.117. The predicted molar refractivity (Wildman–Crippen MR) is 98.1 cm³/mol. The van der Waals surface area contributed by atoms with Crippen LogP contribution in [0.4, 0.5) is 4.79 Å². The average Bonchev–Trinajstić information content (AvgIpc) is 2.57. The fraction of sp³-hybridized carbons (Fsp3) is 0.444. The molecule has 0 aliphatic carbocycles. The fourth-order valence-corrected chi connectivity index (χ4v) is 2.26. The molecule has 0 saturated heterocycles. The third kappa shape index (κ3) is 6.76. The lowest BCUT2D eigenvalue weighted by atomic mass is 9.86. The summed E-state index contributed by atoms with van der Waals surface area (Å²) in [5.74, 6) is -0.548. The first-order valence-electron chi connectivity index (χ1n) is 7.85. The predicted octanol–water partition coefficient (Wildman–Crippen LogP) is 2.51. The molecule has 138 valence electrons. The number of alkyl halides is 1. The highest BCUT2D eigenvalue weighted by Crippen LogP contribution is 2.20. The van der Waals surface area contributed by atoms with Crippen LogP contribution in [-0.4, -0.2) is 42.2 Å². The van der Waals surface area contributed by atoms with Gasteiger partial charge in [0.25, 0.3) is 0 Å². The molecule has 3 N–H and O–H groups in total. The molecule has 0 aliphatic rings. The molecule has 0 aliphatic heterocycles. The van der Waals surface area contributed by atoms with Crippen LogP contribution in [-0.2, 0) is 9.53 Å². The third-order valence-electron chi connectivity index (χ3n) is 3.47. The quantitative estimate of drug-likeness (QED) is 0.673. The number of carbonyl (C=O) groups excluding carboxylic acids is 2. The molecule has 6 nitrogen and oxygen atoms in total. The molecule has 1 rings (SSSR count). The maximum Gasteiger partial charge on any atom is 0.407 e. The molecule has 0 radical (unpaired) electrons. The Morgan fingerprint density at radius 2 is 1.88 bits per heavy atom. The molecule has 0 bridgehead atoms. The Morgan fingerprint density at radius 3 is 2.36 bits per heavy atom. The van der Waals surface area contributed by atoms with E-state index in [4.69, 9.17) is 11.6 Å². The number of benzene rings is 1. The van der Waals surface area contributed by atoms with Gasteiger partial charge in [-0.15, -0.1) is 11.6 Å². The van der Waals surface area contributed by atoms with Gasteiger partial charge in [0.2, 0.25) is 5.91 Å². The molecule has 7 heteroatoms. The lowest BCUT2D eigenvalue weighted by Gasteiger charge is -2.30. The van der Waals surface area contributed by atoms with Crippen molar-refractivity contribution in [1.29, 1.82) is 0 Å². The van der Waals surface area contributed by atoms with Crippen molar-refractivity contribution in [1.82, 2.24) is 10.6 Å². The summed E-state index contributed by atoms with van der Waals surface area (Å²) in [7, 11) is 1.23. The Hall–Kier alpha value is -2.05. The SMILES string of the molecule is COC(=O)N[C@H](C(=O)N/C(=C\c1ccccc1)[C@@H](O)CCl)C(C)(C)C. The topological polar surface area (TPSA) is 87.7 Å². The zero-order chi connectivity index (χ0) is 19.0. The van der Waals surface area contributed by atoms with E-state index in [0.29, 0.717) is 0 Å². The third-order valence-corrected chi connectivity index (χ3v) is 3.76. The van der Waals surface area contributed by atoms with Gasteiger partial charge in [-0.05, 0) is 17.1 Å². The van der Waals surface area contributed by atoms with Crippen LogP contribution >= 0.6 is 11.6 Å². The van der Waals surface area contributed by atoms with Crippen molar-refractivity contribution in [3.8, 4) is 0 Å². The zero-order valence-electron chi connectivity index (χ0n) is 14.9. The van der Waals surface area contributed by atoms with E-state index in [1.165, 1.54) is 7.11 Å². The Labute approximate surface area is 153 Å². The summed E-state index contributed by atoms with van der Waals surface area (Å²) in [5.41, 5.74) is 0.490. The van der Waals surface area contributed by atoms with Crippen LogP contribution in [0.2, 0.25) is 0 Å². The number of alkyl carbamates (subject to hydrolysis) is 1. The number of halogens is 1. The smallest absolute Gasteiger partial charge is 0.407 e. The van der Waals surface area contributed by atoms with Gasteiger partial charge in [0.15, 0.2) is 0 Å². The highest BCUT2D eigenvalue weighted by Gasteiger charge is 2.34. The summed E-state index contributed by atoms with van der Waals surface area (Å²) < 4.78 is 4.58. The maximum atomic E-state index is 12.7. The second-order valence-corrected chi connectivity index (χ2v) is 6.91. The van der Waals surface area contributed by atoms with Crippen molar-refractivity contribution < 1.29 is 19.4 Å². The van der Waals surface area contributed by atoms with Gasteiger partial charge in [-0.25, -0.2) is 4.79 Å². The van der Waals surface area contributed by atoms with Crippen molar-refractivity contribution in [2.75, 3.05) is 13.0 Å².